The average molecular weight is 317 g/mol. The predicted octanol–water partition coefficient (Wildman–Crippen LogP) is 1.82. The first-order valence-electron chi connectivity index (χ1n) is 8.37. The Hall–Kier alpha value is -0.170. The zero-order chi connectivity index (χ0) is 15.5. The van der Waals surface area contributed by atoms with E-state index in [2.05, 4.69) is 19.2 Å². The van der Waals surface area contributed by atoms with Gasteiger partial charge in [0, 0.05) is 38.8 Å². The molecule has 5 nitrogen and oxygen atoms in total. The molecule has 0 bridgehead atoms. The molecule has 21 heavy (non-hydrogen) atoms. The zero-order valence-corrected chi connectivity index (χ0v) is 14.5. The number of hydrogen-bond donors (Lipinski definition) is 1. The third kappa shape index (κ3) is 4.91. The molecule has 0 aromatic carbocycles. The van der Waals surface area contributed by atoms with Crippen molar-refractivity contribution >= 4 is 10.2 Å². The first-order valence-corrected chi connectivity index (χ1v) is 9.77. The SMILES string of the molecule is CC(C)CCN(C)S(=O)(=O)N1CCCCC1CNC1CC1. The summed E-state index contributed by atoms with van der Waals surface area (Å²) in [6, 6.07) is 0.765. The predicted molar refractivity (Wildman–Crippen MR) is 86.4 cm³/mol. The van der Waals surface area contributed by atoms with E-state index in [9.17, 15) is 8.42 Å². The van der Waals surface area contributed by atoms with Gasteiger partial charge in [0.15, 0.2) is 0 Å². The van der Waals surface area contributed by atoms with Crippen molar-refractivity contribution in [2.45, 2.75) is 64.5 Å². The number of rotatable bonds is 8. The van der Waals surface area contributed by atoms with Gasteiger partial charge in [0.2, 0.25) is 0 Å². The van der Waals surface area contributed by atoms with Crippen molar-refractivity contribution in [3.63, 3.8) is 0 Å². The van der Waals surface area contributed by atoms with Gasteiger partial charge in [0.25, 0.3) is 10.2 Å². The van der Waals surface area contributed by atoms with Gasteiger partial charge in [0.1, 0.15) is 0 Å². The Bertz CT molecular complexity index is 421. The van der Waals surface area contributed by atoms with Gasteiger partial charge in [-0.1, -0.05) is 20.3 Å². The van der Waals surface area contributed by atoms with Gasteiger partial charge in [-0.15, -0.1) is 0 Å². The molecule has 1 unspecified atom stereocenters. The maximum Gasteiger partial charge on any atom is 0.282 e. The minimum atomic E-state index is -3.31. The number of nitrogens with zero attached hydrogens (tertiary/aromatic N) is 2. The molecule has 0 aromatic heterocycles. The van der Waals surface area contributed by atoms with Crippen LogP contribution in [0.2, 0.25) is 0 Å². The van der Waals surface area contributed by atoms with E-state index in [-0.39, 0.29) is 6.04 Å². The van der Waals surface area contributed by atoms with Gasteiger partial charge in [0.05, 0.1) is 0 Å². The van der Waals surface area contributed by atoms with Crippen LogP contribution in [0.5, 0.6) is 0 Å². The highest BCUT2D eigenvalue weighted by Crippen LogP contribution is 2.24. The highest BCUT2D eigenvalue weighted by molar-refractivity contribution is 7.86. The van der Waals surface area contributed by atoms with Crippen LogP contribution >= 0.6 is 0 Å². The van der Waals surface area contributed by atoms with E-state index in [1.54, 1.807) is 15.7 Å². The van der Waals surface area contributed by atoms with E-state index in [1.165, 1.54) is 12.8 Å². The standard InChI is InChI=1S/C15H31N3O2S/c1-13(2)9-11-17(3)21(19,20)18-10-5-4-6-15(18)12-16-14-7-8-14/h13-16H,4-12H2,1-3H3. The van der Waals surface area contributed by atoms with Gasteiger partial charge >= 0.3 is 0 Å². The Morgan fingerprint density at radius 1 is 1.24 bits per heavy atom. The molecule has 2 aliphatic rings. The van der Waals surface area contributed by atoms with Gasteiger partial charge in [-0.25, -0.2) is 0 Å². The van der Waals surface area contributed by atoms with Crippen LogP contribution in [0.3, 0.4) is 0 Å². The van der Waals surface area contributed by atoms with E-state index >= 15 is 0 Å². The first-order chi connectivity index (χ1) is 9.91. The van der Waals surface area contributed by atoms with Crippen molar-refractivity contribution in [2.24, 2.45) is 5.92 Å². The second-order valence-corrected chi connectivity index (χ2v) is 8.94. The molecule has 0 amide bonds. The van der Waals surface area contributed by atoms with Gasteiger partial charge in [-0.3, -0.25) is 0 Å². The average Bonchev–Trinajstić information content (AvgIpc) is 3.26. The molecule has 124 valence electrons. The van der Waals surface area contributed by atoms with E-state index < -0.39 is 10.2 Å². The Balaban J connectivity index is 1.96. The fourth-order valence-corrected chi connectivity index (χ4v) is 4.42. The molecule has 0 spiro atoms. The smallest absolute Gasteiger partial charge is 0.282 e. The summed E-state index contributed by atoms with van der Waals surface area (Å²) in [5, 5.41) is 3.49. The number of piperidine rings is 1. The molecule has 2 rings (SSSR count). The minimum Gasteiger partial charge on any atom is -0.312 e. The molecule has 1 aliphatic carbocycles. The summed E-state index contributed by atoms with van der Waals surface area (Å²) in [6.07, 6.45) is 6.50. The molecular formula is C15H31N3O2S. The molecule has 1 N–H and O–H groups in total. The van der Waals surface area contributed by atoms with E-state index in [1.807, 2.05) is 0 Å². The normalized spacial score (nSPS) is 24.9. The molecule has 6 heteroatoms. The highest BCUT2D eigenvalue weighted by Gasteiger charge is 2.35. The summed E-state index contributed by atoms with van der Waals surface area (Å²) in [5.74, 6) is 0.524. The summed E-state index contributed by atoms with van der Waals surface area (Å²) in [5.41, 5.74) is 0. The van der Waals surface area contributed by atoms with Crippen molar-refractivity contribution in [2.75, 3.05) is 26.7 Å². The molecule has 1 saturated carbocycles. The van der Waals surface area contributed by atoms with E-state index in [0.717, 1.165) is 32.2 Å². The maximum atomic E-state index is 12.8. The fourth-order valence-electron chi connectivity index (χ4n) is 2.81. The lowest BCUT2D eigenvalue weighted by atomic mass is 10.1. The molecule has 1 aliphatic heterocycles. The maximum absolute atomic E-state index is 12.8. The topological polar surface area (TPSA) is 52.7 Å². The summed E-state index contributed by atoms with van der Waals surface area (Å²) in [4.78, 5) is 0. The van der Waals surface area contributed by atoms with Crippen molar-refractivity contribution in [3.05, 3.63) is 0 Å². The van der Waals surface area contributed by atoms with E-state index in [0.29, 0.717) is 25.0 Å². The molecular weight excluding hydrogens is 286 g/mol. The molecule has 1 heterocycles. The fraction of sp³-hybridized carbons (Fsp3) is 1.00. The summed E-state index contributed by atoms with van der Waals surface area (Å²) in [7, 11) is -1.59. The van der Waals surface area contributed by atoms with Gasteiger partial charge in [-0.2, -0.15) is 17.0 Å². The monoisotopic (exact) mass is 317 g/mol. The van der Waals surface area contributed by atoms with Gasteiger partial charge < -0.3 is 5.32 Å². The van der Waals surface area contributed by atoms with Crippen molar-refractivity contribution in [3.8, 4) is 0 Å². The third-order valence-electron chi connectivity index (χ3n) is 4.50. The quantitative estimate of drug-likeness (QED) is 0.743. The Kier molecular flexibility index (Phi) is 6.05. The molecule has 1 saturated heterocycles. The van der Waals surface area contributed by atoms with Crippen LogP contribution < -0.4 is 5.32 Å². The van der Waals surface area contributed by atoms with Crippen molar-refractivity contribution in [1.29, 1.82) is 0 Å². The van der Waals surface area contributed by atoms with Crippen LogP contribution in [0.1, 0.15) is 52.4 Å². The summed E-state index contributed by atoms with van der Waals surface area (Å²) in [6.45, 7) is 6.35. The minimum absolute atomic E-state index is 0.130. The summed E-state index contributed by atoms with van der Waals surface area (Å²) >= 11 is 0. The molecule has 0 radical (unpaired) electrons. The van der Waals surface area contributed by atoms with Crippen molar-refractivity contribution in [1.82, 2.24) is 13.9 Å². The molecule has 0 aromatic rings. The van der Waals surface area contributed by atoms with Crippen LogP contribution in [0.4, 0.5) is 0 Å². The lowest BCUT2D eigenvalue weighted by molar-refractivity contribution is 0.229. The Morgan fingerprint density at radius 3 is 2.57 bits per heavy atom. The molecule has 1 atom stereocenters. The number of nitrogens with one attached hydrogen (secondary N) is 1. The highest BCUT2D eigenvalue weighted by atomic mass is 32.2. The van der Waals surface area contributed by atoms with Crippen molar-refractivity contribution < 1.29 is 8.42 Å². The zero-order valence-electron chi connectivity index (χ0n) is 13.7. The van der Waals surface area contributed by atoms with Crippen LogP contribution in [0.15, 0.2) is 0 Å². The molecule has 2 fully saturated rings. The third-order valence-corrected chi connectivity index (χ3v) is 6.55. The lowest BCUT2D eigenvalue weighted by Gasteiger charge is -2.37. The van der Waals surface area contributed by atoms with Crippen LogP contribution in [0, 0.1) is 5.92 Å². The Labute approximate surface area is 130 Å². The largest absolute Gasteiger partial charge is 0.312 e. The van der Waals surface area contributed by atoms with Crippen LogP contribution in [0.25, 0.3) is 0 Å². The van der Waals surface area contributed by atoms with Crippen LogP contribution in [-0.2, 0) is 10.2 Å². The van der Waals surface area contributed by atoms with Gasteiger partial charge in [-0.05, 0) is 38.0 Å². The number of hydrogen-bond acceptors (Lipinski definition) is 3. The first kappa shape index (κ1) is 17.2. The summed E-state index contributed by atoms with van der Waals surface area (Å²) < 4.78 is 28.9. The lowest BCUT2D eigenvalue weighted by Crippen LogP contribution is -2.53. The van der Waals surface area contributed by atoms with E-state index in [4.69, 9.17) is 0 Å². The van der Waals surface area contributed by atoms with Crippen LogP contribution in [-0.4, -0.2) is 55.8 Å². The Morgan fingerprint density at radius 2 is 1.95 bits per heavy atom. The second kappa shape index (κ2) is 7.40. The second-order valence-electron chi connectivity index (χ2n) is 6.95.